The minimum Gasteiger partial charge on any atom is -0.473 e. The van der Waals surface area contributed by atoms with E-state index in [0.29, 0.717) is 5.69 Å². The Bertz CT molecular complexity index is 1030. The van der Waals surface area contributed by atoms with Crippen molar-refractivity contribution in [2.24, 2.45) is 5.73 Å². The van der Waals surface area contributed by atoms with Gasteiger partial charge in [-0.1, -0.05) is 6.07 Å². The van der Waals surface area contributed by atoms with Crippen molar-refractivity contribution in [1.82, 2.24) is 15.0 Å². The number of nitrogens with two attached hydrogens (primary N) is 1. The Kier molecular flexibility index (Phi) is 5.96. The Morgan fingerprint density at radius 2 is 1.93 bits per heavy atom. The van der Waals surface area contributed by atoms with Gasteiger partial charge in [-0.15, -0.1) is 11.3 Å². The van der Waals surface area contributed by atoms with E-state index in [1.807, 2.05) is 0 Å². The number of halogens is 2. The van der Waals surface area contributed by atoms with E-state index in [0.717, 1.165) is 49.2 Å². The maximum Gasteiger partial charge on any atom is 0.275 e. The van der Waals surface area contributed by atoms with Crippen LogP contribution in [0.1, 0.15) is 36.2 Å². The first-order valence-corrected chi connectivity index (χ1v) is 10.3. The molecule has 1 aliphatic carbocycles. The van der Waals surface area contributed by atoms with Crippen LogP contribution in [0, 0.1) is 11.6 Å². The number of rotatable bonds is 5. The van der Waals surface area contributed by atoms with Crippen molar-refractivity contribution in [3.8, 4) is 16.5 Å². The largest absolute Gasteiger partial charge is 0.473 e. The summed E-state index contributed by atoms with van der Waals surface area (Å²) in [6.07, 6.45) is 6.08. The highest BCUT2D eigenvalue weighted by molar-refractivity contribution is 7.13. The summed E-state index contributed by atoms with van der Waals surface area (Å²) in [5.74, 6) is -1.78. The zero-order chi connectivity index (χ0) is 21.1. The van der Waals surface area contributed by atoms with Crippen LogP contribution in [0.15, 0.2) is 36.1 Å². The number of hydrogen-bond donors (Lipinski definition) is 2. The van der Waals surface area contributed by atoms with E-state index in [9.17, 15) is 13.6 Å². The Morgan fingerprint density at radius 1 is 1.20 bits per heavy atom. The predicted molar refractivity (Wildman–Crippen MR) is 108 cm³/mol. The van der Waals surface area contributed by atoms with Gasteiger partial charge in [-0.3, -0.25) is 4.79 Å². The predicted octanol–water partition coefficient (Wildman–Crippen LogP) is 3.78. The molecular formula is C20H19F2N5O2S. The molecular weight excluding hydrogens is 412 g/mol. The minimum atomic E-state index is -0.740. The SMILES string of the molecule is NC1CCC(Oc2ncncc2NC(=O)c2csc(-c3c(F)cccc3F)n2)CC1. The average Bonchev–Trinajstić information content (AvgIpc) is 3.21. The third-order valence-electron chi connectivity index (χ3n) is 4.83. The van der Waals surface area contributed by atoms with E-state index >= 15 is 0 Å². The molecule has 3 N–H and O–H groups in total. The Morgan fingerprint density at radius 3 is 2.67 bits per heavy atom. The van der Waals surface area contributed by atoms with Crippen LogP contribution in [0.3, 0.4) is 0 Å². The standard InChI is InChI=1S/C20H19F2N5O2S/c21-13-2-1-3-14(22)17(13)20-27-16(9-30-20)18(28)26-15-8-24-10-25-19(15)29-12-6-4-11(23)5-7-12/h1-3,8-12H,4-7,23H2,(H,26,28). The second-order valence-electron chi connectivity index (χ2n) is 6.98. The second kappa shape index (κ2) is 8.80. The first-order chi connectivity index (χ1) is 14.5. The van der Waals surface area contributed by atoms with Gasteiger partial charge >= 0.3 is 0 Å². The molecule has 0 spiro atoms. The molecule has 1 aliphatic rings. The van der Waals surface area contributed by atoms with Gasteiger partial charge in [-0.2, -0.15) is 4.98 Å². The lowest BCUT2D eigenvalue weighted by atomic mass is 9.94. The number of aromatic nitrogens is 3. The van der Waals surface area contributed by atoms with E-state index < -0.39 is 17.5 Å². The van der Waals surface area contributed by atoms with Crippen LogP contribution in [-0.4, -0.2) is 33.0 Å². The number of benzene rings is 1. The number of hydrogen-bond acceptors (Lipinski definition) is 7. The van der Waals surface area contributed by atoms with Crippen molar-refractivity contribution >= 4 is 22.9 Å². The summed E-state index contributed by atoms with van der Waals surface area (Å²) in [6, 6.07) is 3.74. The van der Waals surface area contributed by atoms with Crippen LogP contribution >= 0.6 is 11.3 Å². The van der Waals surface area contributed by atoms with Crippen LogP contribution in [0.25, 0.3) is 10.6 Å². The molecule has 2 aromatic heterocycles. The van der Waals surface area contributed by atoms with Crippen molar-refractivity contribution < 1.29 is 18.3 Å². The van der Waals surface area contributed by atoms with Crippen LogP contribution in [0.2, 0.25) is 0 Å². The summed E-state index contributed by atoms with van der Waals surface area (Å²) in [5, 5.41) is 4.17. The molecule has 30 heavy (non-hydrogen) atoms. The van der Waals surface area contributed by atoms with Gasteiger partial charge in [0.25, 0.3) is 5.91 Å². The Balaban J connectivity index is 1.49. The van der Waals surface area contributed by atoms with Gasteiger partial charge in [0.1, 0.15) is 40.5 Å². The Labute approximate surface area is 175 Å². The molecule has 0 bridgehead atoms. The maximum atomic E-state index is 14.0. The van der Waals surface area contributed by atoms with Crippen LogP contribution in [0.5, 0.6) is 5.88 Å². The highest BCUT2D eigenvalue weighted by Crippen LogP contribution is 2.30. The second-order valence-corrected chi connectivity index (χ2v) is 7.84. The summed E-state index contributed by atoms with van der Waals surface area (Å²) in [4.78, 5) is 24.8. The fourth-order valence-electron chi connectivity index (χ4n) is 3.24. The lowest BCUT2D eigenvalue weighted by Gasteiger charge is -2.26. The lowest BCUT2D eigenvalue weighted by Crippen LogP contribution is -2.32. The molecule has 1 aromatic carbocycles. The quantitative estimate of drug-likeness (QED) is 0.637. The van der Waals surface area contributed by atoms with E-state index in [2.05, 4.69) is 20.3 Å². The number of nitrogens with one attached hydrogen (secondary N) is 1. The number of carbonyl (C=O) groups excluding carboxylic acids is 1. The summed E-state index contributed by atoms with van der Waals surface area (Å²) >= 11 is 0.976. The number of ether oxygens (including phenoxy) is 1. The fraction of sp³-hybridized carbons (Fsp3) is 0.300. The Hall–Kier alpha value is -2.98. The van der Waals surface area contributed by atoms with E-state index in [1.165, 1.54) is 24.0 Å². The van der Waals surface area contributed by atoms with Crippen molar-refractivity contribution in [2.75, 3.05) is 5.32 Å². The zero-order valence-corrected chi connectivity index (χ0v) is 16.7. The molecule has 10 heteroatoms. The third kappa shape index (κ3) is 4.44. The lowest BCUT2D eigenvalue weighted by molar-refractivity contribution is 0.102. The number of nitrogens with zero attached hydrogens (tertiary/aromatic N) is 3. The maximum absolute atomic E-state index is 14.0. The molecule has 0 radical (unpaired) electrons. The first-order valence-electron chi connectivity index (χ1n) is 9.44. The van der Waals surface area contributed by atoms with Crippen molar-refractivity contribution in [3.05, 3.63) is 53.4 Å². The molecule has 7 nitrogen and oxygen atoms in total. The topological polar surface area (TPSA) is 103 Å². The van der Waals surface area contributed by atoms with Crippen molar-refractivity contribution in [1.29, 1.82) is 0 Å². The minimum absolute atomic E-state index is 0.0242. The van der Waals surface area contributed by atoms with Gasteiger partial charge in [-0.05, 0) is 37.8 Å². The molecule has 1 amide bonds. The first kappa shape index (κ1) is 20.3. The van der Waals surface area contributed by atoms with E-state index in [-0.39, 0.29) is 34.3 Å². The van der Waals surface area contributed by atoms with Gasteiger partial charge in [-0.25, -0.2) is 18.7 Å². The molecule has 1 fully saturated rings. The van der Waals surface area contributed by atoms with Crippen LogP contribution in [-0.2, 0) is 0 Å². The fourth-order valence-corrected chi connectivity index (χ4v) is 4.09. The number of thiazole rings is 1. The number of amides is 1. The molecule has 2 heterocycles. The molecule has 0 saturated heterocycles. The monoisotopic (exact) mass is 431 g/mol. The third-order valence-corrected chi connectivity index (χ3v) is 5.69. The smallest absolute Gasteiger partial charge is 0.275 e. The van der Waals surface area contributed by atoms with Crippen LogP contribution < -0.4 is 15.8 Å². The summed E-state index contributed by atoms with van der Waals surface area (Å²) in [7, 11) is 0. The molecule has 3 aromatic rings. The highest BCUT2D eigenvalue weighted by atomic mass is 32.1. The van der Waals surface area contributed by atoms with Gasteiger partial charge in [0.2, 0.25) is 5.88 Å². The molecule has 1 saturated carbocycles. The van der Waals surface area contributed by atoms with Crippen LogP contribution in [0.4, 0.5) is 14.5 Å². The van der Waals surface area contributed by atoms with Gasteiger partial charge in [0.15, 0.2) is 0 Å². The number of carbonyl (C=O) groups is 1. The van der Waals surface area contributed by atoms with E-state index in [4.69, 9.17) is 10.5 Å². The van der Waals surface area contributed by atoms with Gasteiger partial charge < -0.3 is 15.8 Å². The highest BCUT2D eigenvalue weighted by Gasteiger charge is 2.23. The van der Waals surface area contributed by atoms with Gasteiger partial charge in [0, 0.05) is 11.4 Å². The molecule has 0 aliphatic heterocycles. The molecule has 4 rings (SSSR count). The van der Waals surface area contributed by atoms with Crippen molar-refractivity contribution in [2.45, 2.75) is 37.8 Å². The van der Waals surface area contributed by atoms with E-state index in [1.54, 1.807) is 0 Å². The average molecular weight is 431 g/mol. The van der Waals surface area contributed by atoms with Gasteiger partial charge in [0.05, 0.1) is 11.8 Å². The van der Waals surface area contributed by atoms with Crippen molar-refractivity contribution in [3.63, 3.8) is 0 Å². The zero-order valence-electron chi connectivity index (χ0n) is 15.8. The molecule has 0 unspecified atom stereocenters. The molecule has 156 valence electrons. The molecule has 0 atom stereocenters. The summed E-state index contributed by atoms with van der Waals surface area (Å²) in [6.45, 7) is 0. The number of anilines is 1. The normalized spacial score (nSPS) is 18.8. The summed E-state index contributed by atoms with van der Waals surface area (Å²) in [5.41, 5.74) is 5.98. The summed E-state index contributed by atoms with van der Waals surface area (Å²) < 4.78 is 33.9.